The van der Waals surface area contributed by atoms with Gasteiger partial charge in [0.25, 0.3) is 15.9 Å². The van der Waals surface area contributed by atoms with Gasteiger partial charge in [0.15, 0.2) is 0 Å². The summed E-state index contributed by atoms with van der Waals surface area (Å²) in [5.74, 6) is 1.13. The Morgan fingerprint density at radius 1 is 0.868 bits per heavy atom. The van der Waals surface area contributed by atoms with Crippen molar-refractivity contribution in [3.05, 3.63) is 119 Å². The minimum atomic E-state index is -3.95. The standard InChI is InChI=1S/C29H24ClN3O4S/c30-26-19-32-28-25(26)10-5-11-27(28)33-38(35,36)24-9-4-6-21(18-24)29(34)31-17-16-20-12-14-23(15-13-20)37-22-7-2-1-3-8-22/h1-15,18-19,32-33H,16-17H2,(H,31,34). The van der Waals surface area contributed by atoms with Crippen molar-refractivity contribution in [3.63, 3.8) is 0 Å². The number of amides is 1. The zero-order valence-corrected chi connectivity index (χ0v) is 21.7. The van der Waals surface area contributed by atoms with Crippen LogP contribution in [-0.2, 0) is 16.4 Å². The summed E-state index contributed by atoms with van der Waals surface area (Å²) in [6.07, 6.45) is 2.21. The van der Waals surface area contributed by atoms with Gasteiger partial charge in [0.2, 0.25) is 0 Å². The number of benzene rings is 4. The fourth-order valence-corrected chi connectivity index (χ4v) is 5.31. The maximum atomic E-state index is 13.1. The molecule has 0 bridgehead atoms. The third kappa shape index (κ3) is 5.82. The normalized spacial score (nSPS) is 11.3. The van der Waals surface area contributed by atoms with Crippen molar-refractivity contribution < 1.29 is 17.9 Å². The Kier molecular flexibility index (Phi) is 7.35. The molecule has 0 aliphatic carbocycles. The van der Waals surface area contributed by atoms with E-state index in [-0.39, 0.29) is 16.4 Å². The van der Waals surface area contributed by atoms with Gasteiger partial charge in [0.1, 0.15) is 11.5 Å². The molecule has 0 aliphatic rings. The van der Waals surface area contributed by atoms with Crippen molar-refractivity contribution in [1.29, 1.82) is 0 Å². The molecule has 7 nitrogen and oxygen atoms in total. The van der Waals surface area contributed by atoms with E-state index < -0.39 is 10.0 Å². The number of H-pyrrole nitrogens is 1. The highest BCUT2D eigenvalue weighted by Gasteiger charge is 2.18. The van der Waals surface area contributed by atoms with Crippen LogP contribution in [0, 0.1) is 0 Å². The molecule has 0 radical (unpaired) electrons. The molecule has 0 fully saturated rings. The molecule has 38 heavy (non-hydrogen) atoms. The number of anilines is 1. The van der Waals surface area contributed by atoms with Crippen molar-refractivity contribution in [2.45, 2.75) is 11.3 Å². The lowest BCUT2D eigenvalue weighted by molar-refractivity contribution is 0.0954. The third-order valence-electron chi connectivity index (χ3n) is 5.92. The van der Waals surface area contributed by atoms with Crippen LogP contribution in [0.15, 0.2) is 108 Å². The Labute approximate surface area is 225 Å². The highest BCUT2D eigenvalue weighted by molar-refractivity contribution is 7.92. The van der Waals surface area contributed by atoms with Crippen molar-refractivity contribution in [1.82, 2.24) is 10.3 Å². The number of carbonyl (C=O) groups excluding carboxylic acids is 1. The maximum Gasteiger partial charge on any atom is 0.261 e. The van der Waals surface area contributed by atoms with E-state index >= 15 is 0 Å². The first-order chi connectivity index (χ1) is 18.4. The SMILES string of the molecule is O=C(NCCc1ccc(Oc2ccccc2)cc1)c1cccc(S(=O)(=O)Nc2cccc3c(Cl)c[nH]c23)c1. The number of fused-ring (bicyclic) bond motifs is 1. The van der Waals surface area contributed by atoms with Gasteiger partial charge < -0.3 is 15.0 Å². The smallest absolute Gasteiger partial charge is 0.261 e. The summed E-state index contributed by atoms with van der Waals surface area (Å²) in [5, 5.41) is 4.06. The number of sulfonamides is 1. The summed E-state index contributed by atoms with van der Waals surface area (Å²) >= 11 is 6.15. The number of ether oxygens (including phenoxy) is 1. The van der Waals surface area contributed by atoms with E-state index in [1.54, 1.807) is 36.5 Å². The first kappa shape index (κ1) is 25.4. The van der Waals surface area contributed by atoms with Crippen molar-refractivity contribution >= 4 is 44.1 Å². The number of aromatic amines is 1. The summed E-state index contributed by atoms with van der Waals surface area (Å²) in [4.78, 5) is 15.7. The second-order valence-electron chi connectivity index (χ2n) is 8.56. The van der Waals surface area contributed by atoms with E-state index in [0.717, 1.165) is 17.1 Å². The number of aromatic nitrogens is 1. The number of nitrogens with one attached hydrogen (secondary N) is 3. The van der Waals surface area contributed by atoms with Crippen LogP contribution in [0.1, 0.15) is 15.9 Å². The molecule has 192 valence electrons. The van der Waals surface area contributed by atoms with E-state index in [0.29, 0.717) is 34.6 Å². The monoisotopic (exact) mass is 545 g/mol. The van der Waals surface area contributed by atoms with Gasteiger partial charge in [-0.15, -0.1) is 0 Å². The minimum Gasteiger partial charge on any atom is -0.457 e. The summed E-state index contributed by atoms with van der Waals surface area (Å²) < 4.78 is 34.5. The number of hydrogen-bond donors (Lipinski definition) is 3. The number of halogens is 1. The predicted molar refractivity (Wildman–Crippen MR) is 150 cm³/mol. The number of para-hydroxylation sites is 2. The largest absolute Gasteiger partial charge is 0.457 e. The molecule has 0 unspecified atom stereocenters. The molecule has 1 heterocycles. The van der Waals surface area contributed by atoms with Crippen LogP contribution in [0.5, 0.6) is 11.5 Å². The molecule has 1 amide bonds. The highest BCUT2D eigenvalue weighted by Crippen LogP contribution is 2.30. The van der Waals surface area contributed by atoms with Gasteiger partial charge >= 0.3 is 0 Å². The summed E-state index contributed by atoms with van der Waals surface area (Å²) in [6, 6.07) is 28.3. The van der Waals surface area contributed by atoms with E-state index in [4.69, 9.17) is 16.3 Å². The lowest BCUT2D eigenvalue weighted by Crippen LogP contribution is -2.26. The molecule has 0 aliphatic heterocycles. The first-order valence-corrected chi connectivity index (χ1v) is 13.7. The van der Waals surface area contributed by atoms with E-state index in [9.17, 15) is 13.2 Å². The average molecular weight is 546 g/mol. The molecule has 4 aromatic carbocycles. The Bertz CT molecular complexity index is 1680. The summed E-state index contributed by atoms with van der Waals surface area (Å²) in [5.41, 5.74) is 2.23. The van der Waals surface area contributed by atoms with Crippen LogP contribution in [-0.4, -0.2) is 25.9 Å². The van der Waals surface area contributed by atoms with E-state index in [1.165, 1.54) is 12.1 Å². The molecule has 0 spiro atoms. The third-order valence-corrected chi connectivity index (χ3v) is 7.59. The predicted octanol–water partition coefficient (Wildman–Crippen LogP) is 6.39. The molecule has 5 aromatic rings. The summed E-state index contributed by atoms with van der Waals surface area (Å²) in [6.45, 7) is 0.391. The fraction of sp³-hybridized carbons (Fsp3) is 0.0690. The van der Waals surface area contributed by atoms with Gasteiger partial charge in [-0.3, -0.25) is 9.52 Å². The fourth-order valence-electron chi connectivity index (χ4n) is 3.98. The Balaban J connectivity index is 1.20. The quantitative estimate of drug-likeness (QED) is 0.200. The Morgan fingerprint density at radius 2 is 1.61 bits per heavy atom. The molecule has 1 aromatic heterocycles. The van der Waals surface area contributed by atoms with E-state index in [2.05, 4.69) is 15.0 Å². The van der Waals surface area contributed by atoms with Crippen molar-refractivity contribution in [3.8, 4) is 11.5 Å². The molecule has 0 saturated carbocycles. The van der Waals surface area contributed by atoms with Gasteiger partial charge in [-0.2, -0.15) is 0 Å². The molecular weight excluding hydrogens is 522 g/mol. The lowest BCUT2D eigenvalue weighted by atomic mass is 10.1. The number of hydrogen-bond acceptors (Lipinski definition) is 4. The molecule has 9 heteroatoms. The molecule has 5 rings (SSSR count). The number of carbonyl (C=O) groups is 1. The van der Waals surface area contributed by atoms with Gasteiger partial charge in [-0.05, 0) is 60.5 Å². The molecule has 3 N–H and O–H groups in total. The zero-order valence-electron chi connectivity index (χ0n) is 20.1. The molecule has 0 saturated heterocycles. The van der Waals surface area contributed by atoms with Crippen LogP contribution in [0.3, 0.4) is 0 Å². The van der Waals surface area contributed by atoms with Gasteiger partial charge in [0, 0.05) is 23.7 Å². The maximum absolute atomic E-state index is 13.1. The average Bonchev–Trinajstić information content (AvgIpc) is 3.32. The van der Waals surface area contributed by atoms with Crippen molar-refractivity contribution in [2.75, 3.05) is 11.3 Å². The van der Waals surface area contributed by atoms with Gasteiger partial charge in [-0.25, -0.2) is 8.42 Å². The summed E-state index contributed by atoms with van der Waals surface area (Å²) in [7, 11) is -3.95. The second-order valence-corrected chi connectivity index (χ2v) is 10.7. The highest BCUT2D eigenvalue weighted by atomic mass is 35.5. The van der Waals surface area contributed by atoms with Gasteiger partial charge in [0.05, 0.1) is 21.1 Å². The second kappa shape index (κ2) is 11.0. The van der Waals surface area contributed by atoms with Crippen LogP contribution in [0.2, 0.25) is 5.02 Å². The minimum absolute atomic E-state index is 0.0196. The van der Waals surface area contributed by atoms with Gasteiger partial charge in [-0.1, -0.05) is 60.1 Å². The van der Waals surface area contributed by atoms with E-state index in [1.807, 2.05) is 54.6 Å². The van der Waals surface area contributed by atoms with Crippen LogP contribution in [0.4, 0.5) is 5.69 Å². The van der Waals surface area contributed by atoms with Crippen LogP contribution < -0.4 is 14.8 Å². The zero-order chi connectivity index (χ0) is 26.5. The van der Waals surface area contributed by atoms with Crippen LogP contribution >= 0.6 is 11.6 Å². The van der Waals surface area contributed by atoms with Crippen molar-refractivity contribution in [2.24, 2.45) is 0 Å². The Morgan fingerprint density at radius 3 is 2.39 bits per heavy atom. The molecule has 0 atom stereocenters. The van der Waals surface area contributed by atoms with Crippen LogP contribution in [0.25, 0.3) is 10.9 Å². The first-order valence-electron chi connectivity index (χ1n) is 11.9. The topological polar surface area (TPSA) is 100 Å². The Hall–Kier alpha value is -4.27. The molecular formula is C29H24ClN3O4S. The lowest BCUT2D eigenvalue weighted by Gasteiger charge is -2.11. The number of rotatable bonds is 9.